The molecule has 124 valence electrons. The first-order valence-electron chi connectivity index (χ1n) is 7.27. The smallest absolute Gasteiger partial charge is 0.251 e. The Kier molecular flexibility index (Phi) is 5.22. The predicted molar refractivity (Wildman–Crippen MR) is 95.2 cm³/mol. The molecule has 0 radical (unpaired) electrons. The average molecular weight is 360 g/mol. The van der Waals surface area contributed by atoms with Crippen molar-refractivity contribution < 1.29 is 13.4 Å². The number of hydrogen-bond acceptors (Lipinski definition) is 5. The van der Waals surface area contributed by atoms with Gasteiger partial charge in [-0.15, -0.1) is 11.3 Å². The predicted octanol–water partition coefficient (Wildman–Crippen LogP) is 3.21. The van der Waals surface area contributed by atoms with Crippen LogP contribution in [0.5, 0.6) is 0 Å². The van der Waals surface area contributed by atoms with Crippen molar-refractivity contribution in [1.29, 1.82) is 0 Å². The molecule has 1 atom stereocenters. The quantitative estimate of drug-likeness (QED) is 0.733. The minimum Gasteiger partial charge on any atom is -0.443 e. The molecular weight excluding hydrogens is 344 g/mol. The largest absolute Gasteiger partial charge is 0.443 e. The second kappa shape index (κ2) is 7.55. The Bertz CT molecular complexity index is 856. The van der Waals surface area contributed by atoms with E-state index >= 15 is 0 Å². The van der Waals surface area contributed by atoms with E-state index in [9.17, 15) is 9.00 Å². The summed E-state index contributed by atoms with van der Waals surface area (Å²) in [4.78, 5) is 17.6. The molecule has 2 heterocycles. The van der Waals surface area contributed by atoms with Crippen LogP contribution in [-0.2, 0) is 23.1 Å². The molecule has 0 aliphatic carbocycles. The summed E-state index contributed by atoms with van der Waals surface area (Å²) < 4.78 is 16.7. The molecule has 2 aromatic heterocycles. The van der Waals surface area contributed by atoms with E-state index in [2.05, 4.69) is 10.3 Å². The number of oxazole rings is 1. The molecule has 3 rings (SSSR count). The summed E-state index contributed by atoms with van der Waals surface area (Å²) in [6, 6.07) is 11.0. The Morgan fingerprint density at radius 2 is 2.21 bits per heavy atom. The molecular formula is C17H16N2O3S2. The van der Waals surface area contributed by atoms with Crippen molar-refractivity contribution in [3.63, 3.8) is 0 Å². The van der Waals surface area contributed by atoms with Crippen LogP contribution in [0.2, 0.25) is 0 Å². The van der Waals surface area contributed by atoms with Crippen LogP contribution in [0.25, 0.3) is 10.8 Å². The Morgan fingerprint density at radius 3 is 2.96 bits per heavy atom. The maximum atomic E-state index is 12.2. The van der Waals surface area contributed by atoms with Gasteiger partial charge in [0.15, 0.2) is 0 Å². The summed E-state index contributed by atoms with van der Waals surface area (Å²) in [5, 5.41) is 4.78. The van der Waals surface area contributed by atoms with Gasteiger partial charge in [0, 0.05) is 28.4 Å². The summed E-state index contributed by atoms with van der Waals surface area (Å²) >= 11 is 1.55. The van der Waals surface area contributed by atoms with Gasteiger partial charge >= 0.3 is 0 Å². The fraction of sp³-hybridized carbons (Fsp3) is 0.176. The van der Waals surface area contributed by atoms with E-state index < -0.39 is 10.8 Å². The van der Waals surface area contributed by atoms with E-state index in [1.165, 1.54) is 0 Å². The molecule has 7 heteroatoms. The maximum absolute atomic E-state index is 12.2. The van der Waals surface area contributed by atoms with Crippen molar-refractivity contribution in [3.05, 3.63) is 64.9 Å². The van der Waals surface area contributed by atoms with Gasteiger partial charge in [0.25, 0.3) is 5.91 Å². The number of thiophene rings is 1. The van der Waals surface area contributed by atoms with Gasteiger partial charge in [-0.3, -0.25) is 9.00 Å². The topological polar surface area (TPSA) is 72.2 Å². The van der Waals surface area contributed by atoms with Crippen molar-refractivity contribution in [3.8, 4) is 10.8 Å². The maximum Gasteiger partial charge on any atom is 0.251 e. The van der Waals surface area contributed by atoms with Gasteiger partial charge in [-0.1, -0.05) is 18.2 Å². The molecule has 5 nitrogen and oxygen atoms in total. The zero-order valence-electron chi connectivity index (χ0n) is 13.0. The van der Waals surface area contributed by atoms with Crippen LogP contribution in [0.1, 0.15) is 21.6 Å². The molecule has 3 aromatic rings. The first kappa shape index (κ1) is 16.6. The highest BCUT2D eigenvalue weighted by molar-refractivity contribution is 7.83. The van der Waals surface area contributed by atoms with Gasteiger partial charge in [0.2, 0.25) is 5.89 Å². The summed E-state index contributed by atoms with van der Waals surface area (Å²) in [6.45, 7) is 0.289. The van der Waals surface area contributed by atoms with E-state index in [0.717, 1.165) is 10.4 Å². The van der Waals surface area contributed by atoms with Gasteiger partial charge in [-0.25, -0.2) is 4.98 Å². The first-order chi connectivity index (χ1) is 11.6. The standard InChI is InChI=1S/C17H16N2O3S2/c1-24(21)11-12-4-2-5-13(8-12)16(20)18-9-14-10-22-17(19-14)15-6-3-7-23-15/h2-8,10H,9,11H2,1H3,(H,18,20). The molecule has 24 heavy (non-hydrogen) atoms. The molecule has 1 aromatic carbocycles. The van der Waals surface area contributed by atoms with Crippen LogP contribution >= 0.6 is 11.3 Å². The summed E-state index contributed by atoms with van der Waals surface area (Å²) in [5.41, 5.74) is 2.09. The monoisotopic (exact) mass is 360 g/mol. The number of nitrogens with zero attached hydrogens (tertiary/aromatic N) is 1. The lowest BCUT2D eigenvalue weighted by Crippen LogP contribution is -2.23. The van der Waals surface area contributed by atoms with Gasteiger partial charge < -0.3 is 9.73 Å². The van der Waals surface area contributed by atoms with E-state index in [1.807, 2.05) is 23.6 Å². The van der Waals surface area contributed by atoms with Gasteiger partial charge in [-0.05, 0) is 29.1 Å². The summed E-state index contributed by atoms with van der Waals surface area (Å²) in [5.74, 6) is 0.801. The van der Waals surface area contributed by atoms with Crippen LogP contribution in [0.15, 0.2) is 52.5 Å². The second-order valence-corrected chi connectivity index (χ2v) is 7.60. The Labute approximate surface area is 146 Å². The van der Waals surface area contributed by atoms with Crippen LogP contribution in [0.4, 0.5) is 0 Å². The summed E-state index contributed by atoms with van der Waals surface area (Å²) in [7, 11) is -0.937. The third-order valence-electron chi connectivity index (χ3n) is 3.27. The third kappa shape index (κ3) is 4.18. The number of amides is 1. The Morgan fingerprint density at radius 1 is 1.33 bits per heavy atom. The fourth-order valence-electron chi connectivity index (χ4n) is 2.21. The highest BCUT2D eigenvalue weighted by Crippen LogP contribution is 2.23. The van der Waals surface area contributed by atoms with Gasteiger partial charge in [0.1, 0.15) is 6.26 Å². The van der Waals surface area contributed by atoms with Crippen LogP contribution in [0, 0.1) is 0 Å². The van der Waals surface area contributed by atoms with E-state index in [4.69, 9.17) is 4.42 Å². The van der Waals surface area contributed by atoms with Gasteiger partial charge in [0.05, 0.1) is 17.1 Å². The fourth-order valence-corrected chi connectivity index (χ4v) is 3.52. The highest BCUT2D eigenvalue weighted by Gasteiger charge is 2.10. The van der Waals surface area contributed by atoms with Crippen molar-refractivity contribution in [2.45, 2.75) is 12.3 Å². The zero-order chi connectivity index (χ0) is 16.9. The Balaban J connectivity index is 1.62. The average Bonchev–Trinajstić information content (AvgIpc) is 3.23. The lowest BCUT2D eigenvalue weighted by Gasteiger charge is -2.05. The lowest BCUT2D eigenvalue weighted by atomic mass is 10.1. The molecule has 0 spiro atoms. The normalized spacial score (nSPS) is 12.0. The molecule has 0 saturated carbocycles. The highest BCUT2D eigenvalue weighted by atomic mass is 32.2. The molecule has 0 aliphatic heterocycles. The Hall–Kier alpha value is -2.25. The molecule has 1 amide bonds. The van der Waals surface area contributed by atoms with Crippen molar-refractivity contribution in [1.82, 2.24) is 10.3 Å². The summed E-state index contributed by atoms with van der Waals surface area (Å²) in [6.07, 6.45) is 3.19. The van der Waals surface area contributed by atoms with Crippen LogP contribution in [0.3, 0.4) is 0 Å². The number of nitrogens with one attached hydrogen (secondary N) is 1. The van der Waals surface area contributed by atoms with Crippen molar-refractivity contribution in [2.75, 3.05) is 6.26 Å². The van der Waals surface area contributed by atoms with Crippen molar-refractivity contribution in [2.24, 2.45) is 0 Å². The van der Waals surface area contributed by atoms with E-state index in [1.54, 1.807) is 42.1 Å². The number of benzene rings is 1. The zero-order valence-corrected chi connectivity index (χ0v) is 14.7. The van der Waals surface area contributed by atoms with E-state index in [-0.39, 0.29) is 12.5 Å². The van der Waals surface area contributed by atoms with Gasteiger partial charge in [-0.2, -0.15) is 0 Å². The molecule has 0 bridgehead atoms. The third-order valence-corrected chi connectivity index (χ3v) is 4.87. The number of hydrogen-bond donors (Lipinski definition) is 1. The second-order valence-electron chi connectivity index (χ2n) is 5.22. The number of carbonyl (C=O) groups is 1. The van der Waals surface area contributed by atoms with E-state index in [0.29, 0.717) is 22.9 Å². The minimum atomic E-state index is -0.937. The molecule has 1 N–H and O–H groups in total. The number of carbonyl (C=O) groups excluding carboxylic acids is 1. The van der Waals surface area contributed by atoms with Crippen LogP contribution in [-0.4, -0.2) is 21.4 Å². The SMILES string of the molecule is CS(=O)Cc1cccc(C(=O)NCc2coc(-c3cccs3)n2)c1. The molecule has 0 fully saturated rings. The minimum absolute atomic E-state index is 0.195. The molecule has 0 saturated heterocycles. The molecule has 1 unspecified atom stereocenters. The lowest BCUT2D eigenvalue weighted by molar-refractivity contribution is 0.0950. The first-order valence-corrected chi connectivity index (χ1v) is 9.88. The number of aromatic nitrogens is 1. The number of rotatable bonds is 6. The molecule has 0 aliphatic rings. The van der Waals surface area contributed by atoms with Crippen molar-refractivity contribution >= 4 is 28.0 Å². The van der Waals surface area contributed by atoms with Crippen LogP contribution < -0.4 is 5.32 Å².